The van der Waals surface area contributed by atoms with Gasteiger partial charge in [0.25, 0.3) is 0 Å². The molecule has 4 rings (SSSR count). The highest BCUT2D eigenvalue weighted by molar-refractivity contribution is 6.09. The standard InChI is InChI=1S/C15H13FN2O4/c16-14-11(19)6-18(15(20,21)22)10-4-7-5-17-9-3-1-2-8(12(7)9)13(10)14/h1-3,5,10,17,20-22H,4,6H2. The lowest BCUT2D eigenvalue weighted by molar-refractivity contribution is -0.396. The number of aromatic amines is 1. The molecule has 1 aliphatic carbocycles. The number of ketones is 1. The Morgan fingerprint density at radius 1 is 1.32 bits per heavy atom. The number of carbonyl (C=O) groups is 1. The maximum Gasteiger partial charge on any atom is 0.346 e. The Morgan fingerprint density at radius 2 is 2.09 bits per heavy atom. The van der Waals surface area contributed by atoms with Crippen LogP contribution in [-0.4, -0.2) is 49.7 Å². The highest BCUT2D eigenvalue weighted by Crippen LogP contribution is 2.43. The average Bonchev–Trinajstić information content (AvgIpc) is 2.86. The smallest absolute Gasteiger partial charge is 0.346 e. The van der Waals surface area contributed by atoms with Gasteiger partial charge in [0.15, 0.2) is 5.83 Å². The van der Waals surface area contributed by atoms with Crippen LogP contribution in [0.5, 0.6) is 0 Å². The SMILES string of the molecule is O=C1CN(C(O)(O)O)C2Cc3c[nH]c4cccc(c34)C2=C1F. The molecule has 1 unspecified atom stereocenters. The quantitative estimate of drug-likeness (QED) is 0.566. The predicted octanol–water partition coefficient (Wildman–Crippen LogP) is 0.246. The topological polar surface area (TPSA) is 96.8 Å². The molecule has 7 heteroatoms. The Kier molecular flexibility index (Phi) is 2.62. The predicted molar refractivity (Wildman–Crippen MR) is 74.9 cm³/mol. The molecule has 2 aromatic rings. The molecular weight excluding hydrogens is 291 g/mol. The van der Waals surface area contributed by atoms with Gasteiger partial charge in [0.2, 0.25) is 5.78 Å². The van der Waals surface area contributed by atoms with Crippen molar-refractivity contribution in [1.29, 1.82) is 0 Å². The van der Waals surface area contributed by atoms with Gasteiger partial charge in [-0.25, -0.2) is 9.29 Å². The summed E-state index contributed by atoms with van der Waals surface area (Å²) >= 11 is 0. The minimum Gasteiger partial charge on any atom is -0.361 e. The second-order valence-corrected chi connectivity index (χ2v) is 5.64. The lowest BCUT2D eigenvalue weighted by Gasteiger charge is -2.42. The summed E-state index contributed by atoms with van der Waals surface area (Å²) in [5, 5.41) is 29.3. The van der Waals surface area contributed by atoms with Gasteiger partial charge in [-0.15, -0.1) is 0 Å². The van der Waals surface area contributed by atoms with E-state index in [0.717, 1.165) is 21.4 Å². The van der Waals surface area contributed by atoms with Crippen LogP contribution in [0.1, 0.15) is 11.1 Å². The first-order chi connectivity index (χ1) is 10.4. The van der Waals surface area contributed by atoms with Crippen LogP contribution in [-0.2, 0) is 11.2 Å². The molecule has 1 aliphatic heterocycles. The van der Waals surface area contributed by atoms with Gasteiger partial charge in [-0.3, -0.25) is 4.79 Å². The van der Waals surface area contributed by atoms with Gasteiger partial charge in [-0.2, -0.15) is 0 Å². The summed E-state index contributed by atoms with van der Waals surface area (Å²) in [5.74, 6) is -1.77. The average molecular weight is 304 g/mol. The van der Waals surface area contributed by atoms with E-state index in [4.69, 9.17) is 0 Å². The van der Waals surface area contributed by atoms with Crippen LogP contribution in [0, 0.1) is 0 Å². The Hall–Kier alpha value is -2.06. The van der Waals surface area contributed by atoms with Crippen molar-refractivity contribution in [2.45, 2.75) is 18.6 Å². The van der Waals surface area contributed by atoms with Crippen LogP contribution in [0.3, 0.4) is 0 Å². The summed E-state index contributed by atoms with van der Waals surface area (Å²) in [6.07, 6.45) is -1.16. The molecule has 2 heterocycles. The molecule has 22 heavy (non-hydrogen) atoms. The first kappa shape index (κ1) is 13.6. The van der Waals surface area contributed by atoms with Gasteiger partial charge in [0.1, 0.15) is 0 Å². The van der Waals surface area contributed by atoms with E-state index in [9.17, 15) is 24.5 Å². The molecular formula is C15H13FN2O4. The first-order valence-corrected chi connectivity index (χ1v) is 6.84. The molecule has 1 aromatic carbocycles. The molecule has 0 bridgehead atoms. The largest absolute Gasteiger partial charge is 0.361 e. The molecule has 0 amide bonds. The van der Waals surface area contributed by atoms with Crippen molar-refractivity contribution in [3.05, 3.63) is 41.3 Å². The van der Waals surface area contributed by atoms with Crippen molar-refractivity contribution in [3.63, 3.8) is 0 Å². The van der Waals surface area contributed by atoms with E-state index in [1.807, 2.05) is 6.07 Å². The van der Waals surface area contributed by atoms with Crippen molar-refractivity contribution >= 4 is 22.3 Å². The lowest BCUT2D eigenvalue weighted by Crippen LogP contribution is -2.59. The fraction of sp³-hybridized carbons (Fsp3) is 0.267. The Bertz CT molecular complexity index is 834. The number of fused-ring (bicyclic) bond motifs is 2. The number of nitrogens with zero attached hydrogens (tertiary/aromatic N) is 1. The molecule has 1 aromatic heterocycles. The van der Waals surface area contributed by atoms with E-state index < -0.39 is 30.3 Å². The van der Waals surface area contributed by atoms with Crippen molar-refractivity contribution in [1.82, 2.24) is 9.88 Å². The van der Waals surface area contributed by atoms with Crippen molar-refractivity contribution in [3.8, 4) is 0 Å². The zero-order valence-electron chi connectivity index (χ0n) is 11.4. The maximum absolute atomic E-state index is 14.5. The highest BCUT2D eigenvalue weighted by atomic mass is 19.1. The van der Waals surface area contributed by atoms with Crippen molar-refractivity contribution < 1.29 is 24.5 Å². The zero-order valence-corrected chi connectivity index (χ0v) is 11.4. The minimum absolute atomic E-state index is 0.0930. The Balaban J connectivity index is 2.01. The van der Waals surface area contributed by atoms with Crippen LogP contribution in [0.2, 0.25) is 0 Å². The number of benzene rings is 1. The second kappa shape index (κ2) is 4.23. The number of aromatic nitrogens is 1. The molecule has 0 saturated heterocycles. The third kappa shape index (κ3) is 1.71. The monoisotopic (exact) mass is 304 g/mol. The number of hydrogen-bond donors (Lipinski definition) is 4. The van der Waals surface area contributed by atoms with Crippen molar-refractivity contribution in [2.24, 2.45) is 0 Å². The summed E-state index contributed by atoms with van der Waals surface area (Å²) < 4.78 is 14.5. The van der Waals surface area contributed by atoms with Gasteiger partial charge in [-0.1, -0.05) is 12.1 Å². The number of rotatable bonds is 1. The molecule has 114 valence electrons. The van der Waals surface area contributed by atoms with E-state index in [-0.39, 0.29) is 12.0 Å². The van der Waals surface area contributed by atoms with Crippen LogP contribution < -0.4 is 0 Å². The van der Waals surface area contributed by atoms with E-state index >= 15 is 0 Å². The highest BCUT2D eigenvalue weighted by Gasteiger charge is 2.46. The summed E-state index contributed by atoms with van der Waals surface area (Å²) in [7, 11) is 0. The Labute approximate surface area is 124 Å². The van der Waals surface area contributed by atoms with Crippen LogP contribution >= 0.6 is 0 Å². The van der Waals surface area contributed by atoms with Gasteiger partial charge < -0.3 is 20.3 Å². The molecule has 0 fully saturated rings. The van der Waals surface area contributed by atoms with Crippen LogP contribution in [0.25, 0.3) is 16.5 Å². The van der Waals surface area contributed by atoms with E-state index in [2.05, 4.69) is 4.98 Å². The van der Waals surface area contributed by atoms with Crippen LogP contribution in [0.4, 0.5) is 4.39 Å². The van der Waals surface area contributed by atoms with Gasteiger partial charge in [0, 0.05) is 22.7 Å². The first-order valence-electron chi connectivity index (χ1n) is 6.84. The third-order valence-corrected chi connectivity index (χ3v) is 4.38. The molecule has 0 radical (unpaired) electrons. The number of carbonyl (C=O) groups excluding carboxylic acids is 1. The normalized spacial score (nSPS) is 22.4. The molecule has 1 atom stereocenters. The third-order valence-electron chi connectivity index (χ3n) is 4.38. The number of halogens is 1. The van der Waals surface area contributed by atoms with Gasteiger partial charge in [-0.05, 0) is 23.6 Å². The van der Waals surface area contributed by atoms with Gasteiger partial charge in [0.05, 0.1) is 12.6 Å². The fourth-order valence-electron chi connectivity index (χ4n) is 3.46. The number of nitrogens with one attached hydrogen (secondary N) is 1. The van der Waals surface area contributed by atoms with E-state index in [1.54, 1.807) is 18.3 Å². The summed E-state index contributed by atoms with van der Waals surface area (Å²) in [5.41, 5.74) is 2.31. The maximum atomic E-state index is 14.5. The summed E-state index contributed by atoms with van der Waals surface area (Å²) in [4.78, 5) is 15.7. The lowest BCUT2D eigenvalue weighted by atomic mass is 9.81. The molecule has 0 spiro atoms. The number of hydrogen-bond acceptors (Lipinski definition) is 5. The van der Waals surface area contributed by atoms with Gasteiger partial charge >= 0.3 is 6.10 Å². The summed E-state index contributed by atoms with van der Waals surface area (Å²) in [6.45, 7) is -0.598. The Morgan fingerprint density at radius 3 is 2.82 bits per heavy atom. The number of H-pyrrole nitrogens is 1. The molecule has 2 aliphatic rings. The minimum atomic E-state index is -3.19. The second-order valence-electron chi connectivity index (χ2n) is 5.64. The van der Waals surface area contributed by atoms with E-state index in [0.29, 0.717) is 5.56 Å². The number of aliphatic hydroxyl groups is 3. The zero-order chi connectivity index (χ0) is 15.6. The molecule has 6 nitrogen and oxygen atoms in total. The molecule has 0 saturated carbocycles. The van der Waals surface area contributed by atoms with Crippen molar-refractivity contribution in [2.75, 3.05) is 6.54 Å². The summed E-state index contributed by atoms with van der Waals surface area (Å²) in [6, 6.07) is 4.43. The van der Waals surface area contributed by atoms with Crippen LogP contribution in [0.15, 0.2) is 30.2 Å². The fourth-order valence-corrected chi connectivity index (χ4v) is 3.46. The van der Waals surface area contributed by atoms with E-state index in [1.165, 1.54) is 0 Å². The molecule has 4 N–H and O–H groups in total. The number of Topliss-reactive ketones (excluding diaryl/α,β-unsaturated/α-hetero) is 1.